The molecule has 2 rings (SSSR count). The van der Waals surface area contributed by atoms with Crippen LogP contribution < -0.4 is 4.74 Å². The van der Waals surface area contributed by atoms with Crippen molar-refractivity contribution in [2.24, 2.45) is 0 Å². The van der Waals surface area contributed by atoms with E-state index in [1.54, 1.807) is 6.07 Å². The van der Waals surface area contributed by atoms with Gasteiger partial charge in [-0.2, -0.15) is 5.26 Å². The molecule has 1 saturated carbocycles. The summed E-state index contributed by atoms with van der Waals surface area (Å²) >= 11 is 0. The first-order valence-corrected chi connectivity index (χ1v) is 4.73. The standard InChI is InChI=1S/C11H8F3NO/c12-11(13,14)16-9-4-2-1-3-8(9)10(7-15)5-6-10/h1-4H,5-6H2. The monoisotopic (exact) mass is 227 g/mol. The van der Waals surface area contributed by atoms with Gasteiger partial charge in [-0.25, -0.2) is 0 Å². The van der Waals surface area contributed by atoms with Crippen LogP contribution in [0.4, 0.5) is 13.2 Å². The fourth-order valence-electron chi connectivity index (χ4n) is 1.64. The summed E-state index contributed by atoms with van der Waals surface area (Å²) in [5, 5.41) is 8.95. The zero-order valence-electron chi connectivity index (χ0n) is 8.21. The highest BCUT2D eigenvalue weighted by molar-refractivity contribution is 5.47. The van der Waals surface area contributed by atoms with Crippen LogP contribution in [0.25, 0.3) is 0 Å². The van der Waals surface area contributed by atoms with Gasteiger partial charge >= 0.3 is 6.36 Å². The average molecular weight is 227 g/mol. The van der Waals surface area contributed by atoms with E-state index in [2.05, 4.69) is 4.74 Å². The molecule has 2 nitrogen and oxygen atoms in total. The third-order valence-electron chi connectivity index (χ3n) is 2.59. The molecule has 0 unspecified atom stereocenters. The molecule has 0 saturated heterocycles. The maximum atomic E-state index is 12.1. The Morgan fingerprint density at radius 1 is 1.25 bits per heavy atom. The number of alkyl halides is 3. The van der Waals surface area contributed by atoms with Gasteiger partial charge in [-0.05, 0) is 18.9 Å². The molecule has 0 heterocycles. The van der Waals surface area contributed by atoms with Crippen LogP contribution in [-0.4, -0.2) is 6.36 Å². The molecular formula is C11H8F3NO. The zero-order chi connectivity index (χ0) is 11.8. The van der Waals surface area contributed by atoms with E-state index < -0.39 is 11.8 Å². The predicted octanol–water partition coefficient (Wildman–Crippen LogP) is 3.14. The summed E-state index contributed by atoms with van der Waals surface area (Å²) in [5.41, 5.74) is -0.447. The number of rotatable bonds is 2. The van der Waals surface area contributed by atoms with Gasteiger partial charge in [-0.15, -0.1) is 13.2 Å². The van der Waals surface area contributed by atoms with E-state index in [0.29, 0.717) is 18.4 Å². The lowest BCUT2D eigenvalue weighted by Crippen LogP contribution is -2.19. The van der Waals surface area contributed by atoms with Crippen LogP contribution in [0.5, 0.6) is 5.75 Å². The molecule has 0 atom stereocenters. The second-order valence-electron chi connectivity index (χ2n) is 3.74. The van der Waals surface area contributed by atoms with Crippen molar-refractivity contribution in [2.45, 2.75) is 24.6 Å². The van der Waals surface area contributed by atoms with Crippen molar-refractivity contribution in [2.75, 3.05) is 0 Å². The molecular weight excluding hydrogens is 219 g/mol. The van der Waals surface area contributed by atoms with Gasteiger partial charge in [0.05, 0.1) is 11.5 Å². The smallest absolute Gasteiger partial charge is 0.405 e. The van der Waals surface area contributed by atoms with Gasteiger partial charge in [0.1, 0.15) is 5.75 Å². The van der Waals surface area contributed by atoms with Crippen LogP contribution in [-0.2, 0) is 5.41 Å². The Morgan fingerprint density at radius 3 is 2.38 bits per heavy atom. The number of hydrogen-bond donors (Lipinski definition) is 0. The van der Waals surface area contributed by atoms with Gasteiger partial charge in [0.25, 0.3) is 0 Å². The lowest BCUT2D eigenvalue weighted by molar-refractivity contribution is -0.275. The molecule has 0 aliphatic heterocycles. The summed E-state index contributed by atoms with van der Waals surface area (Å²) in [4.78, 5) is 0. The third kappa shape index (κ3) is 1.96. The Balaban J connectivity index is 2.36. The number of nitriles is 1. The second kappa shape index (κ2) is 3.41. The van der Waals surface area contributed by atoms with Crippen LogP contribution in [0.2, 0.25) is 0 Å². The van der Waals surface area contributed by atoms with Crippen molar-refractivity contribution >= 4 is 0 Å². The van der Waals surface area contributed by atoms with Crippen LogP contribution in [0.3, 0.4) is 0 Å². The van der Waals surface area contributed by atoms with Crippen molar-refractivity contribution in [3.63, 3.8) is 0 Å². The van der Waals surface area contributed by atoms with Crippen molar-refractivity contribution < 1.29 is 17.9 Å². The number of hydrogen-bond acceptors (Lipinski definition) is 2. The van der Waals surface area contributed by atoms with Crippen LogP contribution in [0, 0.1) is 11.3 Å². The first-order chi connectivity index (χ1) is 7.47. The number of benzene rings is 1. The van der Waals surface area contributed by atoms with E-state index in [1.165, 1.54) is 18.2 Å². The fourth-order valence-corrected chi connectivity index (χ4v) is 1.64. The van der Waals surface area contributed by atoms with Crippen LogP contribution in [0.1, 0.15) is 18.4 Å². The summed E-state index contributed by atoms with van der Waals surface area (Å²) in [6.07, 6.45) is -3.55. The Morgan fingerprint density at radius 2 is 1.88 bits per heavy atom. The maximum absolute atomic E-state index is 12.1. The summed E-state index contributed by atoms with van der Waals surface area (Å²) < 4.78 is 40.3. The highest BCUT2D eigenvalue weighted by Gasteiger charge is 2.47. The van der Waals surface area contributed by atoms with E-state index in [1.807, 2.05) is 6.07 Å². The highest BCUT2D eigenvalue weighted by Crippen LogP contribution is 2.51. The van der Waals surface area contributed by atoms with Crippen molar-refractivity contribution in [1.82, 2.24) is 0 Å². The Bertz CT molecular complexity index is 443. The van der Waals surface area contributed by atoms with Gasteiger partial charge in [0.2, 0.25) is 0 Å². The highest BCUT2D eigenvalue weighted by atomic mass is 19.4. The third-order valence-corrected chi connectivity index (χ3v) is 2.59. The first-order valence-electron chi connectivity index (χ1n) is 4.73. The largest absolute Gasteiger partial charge is 0.573 e. The Labute approximate surface area is 90.3 Å². The van der Waals surface area contributed by atoms with E-state index in [4.69, 9.17) is 5.26 Å². The quantitative estimate of drug-likeness (QED) is 0.777. The van der Waals surface area contributed by atoms with Gasteiger partial charge in [0, 0.05) is 5.56 Å². The Kier molecular flexibility index (Phi) is 2.30. The SMILES string of the molecule is N#CC1(c2ccccc2OC(F)(F)F)CC1. The molecule has 1 fully saturated rings. The molecule has 0 spiro atoms. The lowest BCUT2D eigenvalue weighted by Gasteiger charge is -2.15. The minimum absolute atomic E-state index is 0.269. The summed E-state index contributed by atoms with van der Waals surface area (Å²) in [6, 6.07) is 7.86. The van der Waals surface area contributed by atoms with E-state index in [9.17, 15) is 13.2 Å². The molecule has 0 radical (unpaired) electrons. The van der Waals surface area contributed by atoms with Gasteiger partial charge < -0.3 is 4.74 Å². The average Bonchev–Trinajstić information content (AvgIpc) is 2.97. The van der Waals surface area contributed by atoms with Crippen molar-refractivity contribution in [3.05, 3.63) is 29.8 Å². The molecule has 0 bridgehead atoms. The number of para-hydroxylation sites is 1. The van der Waals surface area contributed by atoms with Crippen LogP contribution in [0.15, 0.2) is 24.3 Å². The molecule has 1 aliphatic carbocycles. The number of ether oxygens (including phenoxy) is 1. The number of halogens is 3. The molecule has 0 aromatic heterocycles. The molecule has 16 heavy (non-hydrogen) atoms. The topological polar surface area (TPSA) is 33.0 Å². The molecule has 84 valence electrons. The van der Waals surface area contributed by atoms with Gasteiger partial charge in [-0.1, -0.05) is 18.2 Å². The van der Waals surface area contributed by atoms with Crippen molar-refractivity contribution in [1.29, 1.82) is 5.26 Å². The van der Waals surface area contributed by atoms with Gasteiger partial charge in [-0.3, -0.25) is 0 Å². The summed E-state index contributed by atoms with van der Waals surface area (Å²) in [7, 11) is 0. The minimum atomic E-state index is -4.72. The van der Waals surface area contributed by atoms with Crippen LogP contribution >= 0.6 is 0 Å². The molecule has 0 N–H and O–H groups in total. The molecule has 1 aromatic rings. The van der Waals surface area contributed by atoms with E-state index >= 15 is 0 Å². The summed E-state index contributed by atoms with van der Waals surface area (Å²) in [5.74, 6) is -0.269. The molecule has 5 heteroatoms. The Hall–Kier alpha value is -1.70. The normalized spacial score (nSPS) is 17.6. The maximum Gasteiger partial charge on any atom is 0.573 e. The van der Waals surface area contributed by atoms with E-state index in [0.717, 1.165) is 0 Å². The fraction of sp³-hybridized carbons (Fsp3) is 0.364. The van der Waals surface area contributed by atoms with Gasteiger partial charge in [0.15, 0.2) is 0 Å². The number of nitrogens with zero attached hydrogens (tertiary/aromatic N) is 1. The molecule has 1 aliphatic rings. The lowest BCUT2D eigenvalue weighted by atomic mass is 9.97. The van der Waals surface area contributed by atoms with E-state index in [-0.39, 0.29) is 5.75 Å². The first kappa shape index (κ1) is 10.8. The minimum Gasteiger partial charge on any atom is -0.405 e. The molecule has 0 amide bonds. The predicted molar refractivity (Wildman–Crippen MR) is 49.7 cm³/mol. The second-order valence-corrected chi connectivity index (χ2v) is 3.74. The zero-order valence-corrected chi connectivity index (χ0v) is 8.21. The molecule has 1 aromatic carbocycles. The van der Waals surface area contributed by atoms with Crippen molar-refractivity contribution in [3.8, 4) is 11.8 Å². The summed E-state index contributed by atoms with van der Waals surface area (Å²) in [6.45, 7) is 0.